The Hall–Kier alpha value is -3.15. The van der Waals surface area contributed by atoms with Gasteiger partial charge in [-0.2, -0.15) is 0 Å². The predicted molar refractivity (Wildman–Crippen MR) is 261 cm³/mol. The van der Waals surface area contributed by atoms with Crippen molar-refractivity contribution in [1.82, 2.24) is 0 Å². The number of allylic oxidation sites excluding steroid dienone is 12. The largest absolute Gasteiger partial charge is 0.462 e. The monoisotopic (exact) mass is 851 g/mol. The minimum absolute atomic E-state index is 0.0811. The van der Waals surface area contributed by atoms with E-state index in [2.05, 4.69) is 93.7 Å². The summed E-state index contributed by atoms with van der Waals surface area (Å²) in [5.74, 6) is -0.905. The molecule has 61 heavy (non-hydrogen) atoms. The number of ether oxygens (including phenoxy) is 3. The van der Waals surface area contributed by atoms with Crippen LogP contribution in [0.15, 0.2) is 72.9 Å². The highest BCUT2D eigenvalue weighted by Gasteiger charge is 2.19. The molecule has 6 heteroatoms. The van der Waals surface area contributed by atoms with Crippen LogP contribution in [0.2, 0.25) is 0 Å². The second-order valence-electron chi connectivity index (χ2n) is 16.7. The summed E-state index contributed by atoms with van der Waals surface area (Å²) in [6, 6.07) is 0. The average molecular weight is 851 g/mol. The van der Waals surface area contributed by atoms with Gasteiger partial charge in [0.15, 0.2) is 6.10 Å². The minimum atomic E-state index is -0.780. The van der Waals surface area contributed by atoms with E-state index in [1.165, 1.54) is 83.5 Å². The van der Waals surface area contributed by atoms with Crippen LogP contribution in [0.5, 0.6) is 0 Å². The maximum atomic E-state index is 12.7. The van der Waals surface area contributed by atoms with Gasteiger partial charge in [-0.1, -0.05) is 209 Å². The Morgan fingerprint density at radius 1 is 0.344 bits per heavy atom. The molecule has 0 aromatic rings. The molecule has 1 unspecified atom stereocenters. The van der Waals surface area contributed by atoms with Gasteiger partial charge in [-0.05, 0) is 83.5 Å². The number of unbranched alkanes of at least 4 members (excludes halogenated alkanes) is 22. The number of esters is 3. The lowest BCUT2D eigenvalue weighted by Crippen LogP contribution is -2.30. The maximum Gasteiger partial charge on any atom is 0.306 e. The Labute approximate surface area is 376 Å². The van der Waals surface area contributed by atoms with Crippen LogP contribution >= 0.6 is 0 Å². The second-order valence-corrected chi connectivity index (χ2v) is 16.7. The zero-order valence-corrected chi connectivity index (χ0v) is 39.9. The Morgan fingerprint density at radius 2 is 0.672 bits per heavy atom. The summed E-state index contributed by atoms with van der Waals surface area (Å²) >= 11 is 0. The summed E-state index contributed by atoms with van der Waals surface area (Å²) in [6.45, 7) is 6.43. The fourth-order valence-corrected chi connectivity index (χ4v) is 6.88. The van der Waals surface area contributed by atoms with E-state index in [-0.39, 0.29) is 31.1 Å². The van der Waals surface area contributed by atoms with Crippen molar-refractivity contribution >= 4 is 17.9 Å². The molecule has 0 aromatic carbocycles. The van der Waals surface area contributed by atoms with Crippen LogP contribution in [0.1, 0.15) is 239 Å². The van der Waals surface area contributed by atoms with Gasteiger partial charge in [0.05, 0.1) is 0 Å². The third-order valence-corrected chi connectivity index (χ3v) is 10.7. The Kier molecular flexibility index (Phi) is 46.9. The Bertz CT molecular complexity index is 1160. The molecule has 0 spiro atoms. The summed E-state index contributed by atoms with van der Waals surface area (Å²) in [6.07, 6.45) is 61.8. The van der Waals surface area contributed by atoms with Crippen molar-refractivity contribution in [2.45, 2.75) is 245 Å². The first-order valence-electron chi connectivity index (χ1n) is 25.4. The number of rotatable bonds is 45. The molecule has 0 heterocycles. The van der Waals surface area contributed by atoms with Gasteiger partial charge in [-0.25, -0.2) is 0 Å². The highest BCUT2D eigenvalue weighted by Crippen LogP contribution is 2.14. The van der Waals surface area contributed by atoms with Crippen molar-refractivity contribution in [2.24, 2.45) is 0 Å². The van der Waals surface area contributed by atoms with Gasteiger partial charge in [0.1, 0.15) is 13.2 Å². The van der Waals surface area contributed by atoms with E-state index in [9.17, 15) is 14.4 Å². The zero-order valence-electron chi connectivity index (χ0n) is 39.9. The highest BCUT2D eigenvalue weighted by atomic mass is 16.6. The average Bonchev–Trinajstić information content (AvgIpc) is 3.26. The fraction of sp³-hybridized carbons (Fsp3) is 0.727. The molecular weight excluding hydrogens is 757 g/mol. The molecule has 0 N–H and O–H groups in total. The molecule has 0 saturated heterocycles. The molecule has 0 amide bonds. The van der Waals surface area contributed by atoms with E-state index < -0.39 is 6.10 Å². The molecule has 0 radical (unpaired) electrons. The Morgan fingerprint density at radius 3 is 1.08 bits per heavy atom. The topological polar surface area (TPSA) is 78.9 Å². The van der Waals surface area contributed by atoms with Gasteiger partial charge in [0, 0.05) is 19.3 Å². The number of carbonyl (C=O) groups is 3. The smallest absolute Gasteiger partial charge is 0.306 e. The summed E-state index contributed by atoms with van der Waals surface area (Å²) in [7, 11) is 0. The van der Waals surface area contributed by atoms with Crippen molar-refractivity contribution in [3.05, 3.63) is 72.9 Å². The molecule has 0 rings (SSSR count). The number of hydrogen-bond donors (Lipinski definition) is 0. The molecule has 1 atom stereocenters. The van der Waals surface area contributed by atoms with Gasteiger partial charge in [-0.3, -0.25) is 14.4 Å². The highest BCUT2D eigenvalue weighted by molar-refractivity contribution is 5.71. The van der Waals surface area contributed by atoms with Crippen LogP contribution in [0.3, 0.4) is 0 Å². The van der Waals surface area contributed by atoms with Crippen LogP contribution in [-0.2, 0) is 28.6 Å². The molecule has 0 aliphatic carbocycles. The summed E-state index contributed by atoms with van der Waals surface area (Å²) in [4.78, 5) is 37.8. The van der Waals surface area contributed by atoms with Crippen molar-refractivity contribution < 1.29 is 28.6 Å². The molecule has 0 bridgehead atoms. The predicted octanol–water partition coefficient (Wildman–Crippen LogP) is 16.6. The van der Waals surface area contributed by atoms with Gasteiger partial charge >= 0.3 is 17.9 Å². The van der Waals surface area contributed by atoms with E-state index in [4.69, 9.17) is 14.2 Å². The fourth-order valence-electron chi connectivity index (χ4n) is 6.88. The number of carbonyl (C=O) groups excluding carboxylic acids is 3. The van der Waals surface area contributed by atoms with Crippen LogP contribution in [-0.4, -0.2) is 37.2 Å². The molecule has 0 fully saturated rings. The van der Waals surface area contributed by atoms with E-state index in [0.29, 0.717) is 19.3 Å². The van der Waals surface area contributed by atoms with Gasteiger partial charge in [-0.15, -0.1) is 0 Å². The quantitative estimate of drug-likeness (QED) is 0.0263. The SMILES string of the molecule is CC/C=C\C/C=C\C/C=C\C/C=C\C/C=C\CCCCCCCCCC(=O)OCC(COC(=O)CCCCCCCCCCCC)OC(=O)CCCCCCC/C=C\CCC. The molecule has 0 aliphatic heterocycles. The number of hydrogen-bond acceptors (Lipinski definition) is 6. The first-order valence-corrected chi connectivity index (χ1v) is 25.4. The van der Waals surface area contributed by atoms with Crippen molar-refractivity contribution in [3.8, 4) is 0 Å². The van der Waals surface area contributed by atoms with Crippen molar-refractivity contribution in [3.63, 3.8) is 0 Å². The summed E-state index contributed by atoms with van der Waals surface area (Å²) in [5.41, 5.74) is 0. The second kappa shape index (κ2) is 49.5. The van der Waals surface area contributed by atoms with Crippen LogP contribution in [0.4, 0.5) is 0 Å². The summed E-state index contributed by atoms with van der Waals surface area (Å²) in [5, 5.41) is 0. The lowest BCUT2D eigenvalue weighted by atomic mass is 10.1. The summed E-state index contributed by atoms with van der Waals surface area (Å²) < 4.78 is 16.7. The standard InChI is InChI=1S/C55H94O6/c1-4-7-10-13-16-19-22-23-24-25-26-27-28-29-30-31-32-33-34-37-39-42-45-48-54(57)60-51-52(61-55(58)49-46-43-40-36-21-18-15-12-9-6-3)50-59-53(56)47-44-41-38-35-20-17-14-11-8-5-2/h7,10,12,15-16,19,23-24,26-27,29-30,52H,4-6,8-9,11,13-14,17-18,20-22,25,28,31-51H2,1-3H3/b10-7-,15-12-,19-16-,24-23-,27-26-,30-29-. The zero-order chi connectivity index (χ0) is 44.4. The van der Waals surface area contributed by atoms with E-state index >= 15 is 0 Å². The first kappa shape index (κ1) is 57.9. The van der Waals surface area contributed by atoms with Crippen molar-refractivity contribution in [1.29, 1.82) is 0 Å². The minimum Gasteiger partial charge on any atom is -0.462 e. The van der Waals surface area contributed by atoms with E-state index in [1.807, 2.05) is 0 Å². The van der Waals surface area contributed by atoms with Crippen LogP contribution < -0.4 is 0 Å². The molecule has 350 valence electrons. The molecule has 0 aromatic heterocycles. The third kappa shape index (κ3) is 47.7. The Balaban J connectivity index is 4.26. The third-order valence-electron chi connectivity index (χ3n) is 10.7. The van der Waals surface area contributed by atoms with Gasteiger partial charge in [0.25, 0.3) is 0 Å². The molecule has 0 saturated carbocycles. The van der Waals surface area contributed by atoms with Crippen LogP contribution in [0, 0.1) is 0 Å². The van der Waals surface area contributed by atoms with Crippen molar-refractivity contribution in [2.75, 3.05) is 13.2 Å². The molecule has 6 nitrogen and oxygen atoms in total. The maximum absolute atomic E-state index is 12.7. The van der Waals surface area contributed by atoms with Crippen LogP contribution in [0.25, 0.3) is 0 Å². The first-order chi connectivity index (χ1) is 30.0. The lowest BCUT2D eigenvalue weighted by Gasteiger charge is -2.18. The molecule has 0 aliphatic rings. The normalized spacial score (nSPS) is 12.6. The van der Waals surface area contributed by atoms with Gasteiger partial charge in [0.2, 0.25) is 0 Å². The van der Waals surface area contributed by atoms with E-state index in [1.54, 1.807) is 0 Å². The van der Waals surface area contributed by atoms with Gasteiger partial charge < -0.3 is 14.2 Å². The molecular formula is C55H94O6. The lowest BCUT2D eigenvalue weighted by molar-refractivity contribution is -0.167. The van der Waals surface area contributed by atoms with E-state index in [0.717, 1.165) is 116 Å².